The number of nitrogens with one attached hydrogen (secondary N) is 1. The van der Waals surface area contributed by atoms with E-state index in [9.17, 15) is 4.79 Å². The quantitative estimate of drug-likeness (QED) is 0.751. The summed E-state index contributed by atoms with van der Waals surface area (Å²) in [7, 11) is 1.60. The zero-order chi connectivity index (χ0) is 14.8. The van der Waals surface area contributed by atoms with Gasteiger partial charge in [-0.2, -0.15) is 0 Å². The number of fused-ring (bicyclic) bond motifs is 1. The van der Waals surface area contributed by atoms with Crippen LogP contribution in [0.25, 0.3) is 10.2 Å². The van der Waals surface area contributed by atoms with Crippen molar-refractivity contribution in [3.63, 3.8) is 0 Å². The molecule has 2 aromatic heterocycles. The minimum Gasteiger partial charge on any atom is -0.352 e. The Labute approximate surface area is 130 Å². The first-order chi connectivity index (χ1) is 10.2. The number of hydrogen-bond acceptors (Lipinski definition) is 5. The number of imidazole rings is 1. The second-order valence-electron chi connectivity index (χ2n) is 4.41. The van der Waals surface area contributed by atoms with Gasteiger partial charge in [-0.3, -0.25) is 4.79 Å². The van der Waals surface area contributed by atoms with Crippen LogP contribution in [0.5, 0.6) is 0 Å². The number of thioether (sulfide) groups is 1. The highest BCUT2D eigenvalue weighted by molar-refractivity contribution is 8.00. The van der Waals surface area contributed by atoms with Gasteiger partial charge in [0.2, 0.25) is 0 Å². The maximum Gasteiger partial charge on any atom is 0.287 e. The van der Waals surface area contributed by atoms with Gasteiger partial charge in [0.15, 0.2) is 10.2 Å². The Morgan fingerprint density at radius 2 is 2.33 bits per heavy atom. The summed E-state index contributed by atoms with van der Waals surface area (Å²) >= 11 is 3.33. The molecule has 0 fully saturated rings. The fraction of sp³-hybridized carbons (Fsp3) is 0.214. The molecule has 3 aromatic rings. The molecule has 3 rings (SSSR count). The number of carbonyl (C=O) groups is 1. The van der Waals surface area contributed by atoms with Crippen LogP contribution in [-0.2, 0) is 6.54 Å². The molecule has 1 amide bonds. The van der Waals surface area contributed by atoms with Crippen LogP contribution in [0.3, 0.4) is 0 Å². The van der Waals surface area contributed by atoms with Crippen LogP contribution >= 0.6 is 23.1 Å². The van der Waals surface area contributed by atoms with Crippen molar-refractivity contribution < 1.29 is 4.79 Å². The van der Waals surface area contributed by atoms with Gasteiger partial charge in [-0.1, -0.05) is 23.9 Å². The number of benzene rings is 1. The second-order valence-corrected chi connectivity index (χ2v) is 6.49. The largest absolute Gasteiger partial charge is 0.352 e. The van der Waals surface area contributed by atoms with Crippen molar-refractivity contribution in [3.05, 3.63) is 42.0 Å². The Kier molecular flexibility index (Phi) is 3.94. The van der Waals surface area contributed by atoms with Crippen molar-refractivity contribution in [2.45, 2.75) is 10.9 Å². The van der Waals surface area contributed by atoms with Crippen molar-refractivity contribution in [2.75, 3.05) is 13.3 Å². The average Bonchev–Trinajstić information content (AvgIpc) is 3.13. The lowest BCUT2D eigenvalue weighted by atomic mass is 10.2. The van der Waals surface area contributed by atoms with Gasteiger partial charge in [0.25, 0.3) is 5.91 Å². The summed E-state index contributed by atoms with van der Waals surface area (Å²) in [6.07, 6.45) is 5.47. The van der Waals surface area contributed by atoms with Gasteiger partial charge in [-0.05, 0) is 17.9 Å². The van der Waals surface area contributed by atoms with Crippen LogP contribution in [0.2, 0.25) is 0 Å². The molecular weight excluding hydrogens is 304 g/mol. The molecule has 0 saturated carbocycles. The molecule has 0 bridgehead atoms. The van der Waals surface area contributed by atoms with Crippen LogP contribution in [-0.4, -0.2) is 33.7 Å². The number of aromatic nitrogens is 3. The van der Waals surface area contributed by atoms with E-state index in [1.807, 2.05) is 29.2 Å². The maximum absolute atomic E-state index is 11.8. The highest BCUT2D eigenvalue weighted by Crippen LogP contribution is 2.30. The molecule has 2 heterocycles. The maximum atomic E-state index is 11.8. The van der Waals surface area contributed by atoms with Crippen LogP contribution in [0, 0.1) is 0 Å². The van der Waals surface area contributed by atoms with Crippen molar-refractivity contribution in [2.24, 2.45) is 0 Å². The van der Waals surface area contributed by atoms with Crippen LogP contribution in [0.15, 0.2) is 34.9 Å². The standard InChI is InChI=1S/C14H14N4OS2/c1-15-13(19)12-16-6-7-18(12)8-9-4-3-5-10-11(9)17-14(20-2)21-10/h3-7H,8H2,1-2H3,(H,15,19). The van der Waals surface area contributed by atoms with Gasteiger partial charge in [0, 0.05) is 19.4 Å². The zero-order valence-corrected chi connectivity index (χ0v) is 13.3. The molecule has 0 radical (unpaired) electrons. The molecule has 0 saturated heterocycles. The zero-order valence-electron chi connectivity index (χ0n) is 11.7. The van der Waals surface area contributed by atoms with Crippen molar-refractivity contribution >= 4 is 39.2 Å². The Morgan fingerprint density at radius 3 is 3.10 bits per heavy atom. The minimum absolute atomic E-state index is 0.185. The Balaban J connectivity index is 2.00. The highest BCUT2D eigenvalue weighted by atomic mass is 32.2. The molecule has 1 aromatic carbocycles. The van der Waals surface area contributed by atoms with Crippen LogP contribution in [0.4, 0.5) is 0 Å². The van der Waals surface area contributed by atoms with E-state index in [0.717, 1.165) is 15.4 Å². The van der Waals surface area contributed by atoms with Gasteiger partial charge in [-0.25, -0.2) is 9.97 Å². The number of thiazole rings is 1. The molecular formula is C14H14N4OS2. The van der Waals surface area contributed by atoms with Gasteiger partial charge in [-0.15, -0.1) is 11.3 Å². The summed E-state index contributed by atoms with van der Waals surface area (Å²) in [6, 6.07) is 6.14. The Hall–Kier alpha value is -1.86. The molecule has 0 atom stereocenters. The smallest absolute Gasteiger partial charge is 0.287 e. The fourth-order valence-electron chi connectivity index (χ4n) is 2.14. The number of carbonyl (C=O) groups excluding carboxylic acids is 1. The molecule has 0 spiro atoms. The van der Waals surface area contributed by atoms with E-state index in [1.54, 1.807) is 36.3 Å². The predicted molar refractivity (Wildman–Crippen MR) is 86.1 cm³/mol. The third-order valence-electron chi connectivity index (χ3n) is 3.14. The topological polar surface area (TPSA) is 59.8 Å². The molecule has 7 heteroatoms. The molecule has 1 N–H and O–H groups in total. The van der Waals surface area contributed by atoms with E-state index < -0.39 is 0 Å². The highest BCUT2D eigenvalue weighted by Gasteiger charge is 2.13. The van der Waals surface area contributed by atoms with Crippen LogP contribution < -0.4 is 5.32 Å². The van der Waals surface area contributed by atoms with Crippen molar-refractivity contribution in [1.29, 1.82) is 0 Å². The molecule has 0 unspecified atom stereocenters. The monoisotopic (exact) mass is 318 g/mol. The Morgan fingerprint density at radius 1 is 1.48 bits per heavy atom. The molecule has 108 valence electrons. The van der Waals surface area contributed by atoms with Crippen LogP contribution in [0.1, 0.15) is 16.2 Å². The van der Waals surface area contributed by atoms with E-state index in [0.29, 0.717) is 12.4 Å². The van der Waals surface area contributed by atoms with E-state index in [1.165, 1.54) is 4.70 Å². The fourth-order valence-corrected chi connectivity index (χ4v) is 3.67. The first kappa shape index (κ1) is 14.1. The SMILES string of the molecule is CNC(=O)c1nccn1Cc1cccc2sc(SC)nc12. The summed E-state index contributed by atoms with van der Waals surface area (Å²) in [5.41, 5.74) is 2.09. The predicted octanol–water partition coefficient (Wildman–Crippen LogP) is 2.62. The first-order valence-electron chi connectivity index (χ1n) is 6.38. The number of nitrogens with zero attached hydrogens (tertiary/aromatic N) is 3. The third kappa shape index (κ3) is 2.66. The lowest BCUT2D eigenvalue weighted by Crippen LogP contribution is -2.22. The molecule has 0 aliphatic carbocycles. The van der Waals surface area contributed by atoms with Gasteiger partial charge < -0.3 is 9.88 Å². The van der Waals surface area contributed by atoms with Gasteiger partial charge in [0.1, 0.15) is 0 Å². The van der Waals surface area contributed by atoms with E-state index in [-0.39, 0.29) is 5.91 Å². The number of para-hydroxylation sites is 1. The normalized spacial score (nSPS) is 11.0. The molecule has 0 aliphatic heterocycles. The number of hydrogen-bond donors (Lipinski definition) is 1. The summed E-state index contributed by atoms with van der Waals surface area (Å²) in [5, 5.41) is 2.60. The summed E-state index contributed by atoms with van der Waals surface area (Å²) < 4.78 is 4.05. The number of rotatable bonds is 4. The lowest BCUT2D eigenvalue weighted by molar-refractivity contribution is 0.0949. The average molecular weight is 318 g/mol. The molecule has 21 heavy (non-hydrogen) atoms. The van der Waals surface area contributed by atoms with Crippen molar-refractivity contribution in [3.8, 4) is 0 Å². The second kappa shape index (κ2) is 5.87. The summed E-state index contributed by atoms with van der Waals surface area (Å²) in [6.45, 7) is 0.581. The lowest BCUT2D eigenvalue weighted by Gasteiger charge is -2.07. The summed E-state index contributed by atoms with van der Waals surface area (Å²) in [4.78, 5) is 20.6. The van der Waals surface area contributed by atoms with E-state index in [2.05, 4.69) is 21.4 Å². The molecule has 0 aliphatic rings. The Bertz CT molecular complexity index is 793. The van der Waals surface area contributed by atoms with E-state index in [4.69, 9.17) is 0 Å². The first-order valence-corrected chi connectivity index (χ1v) is 8.42. The van der Waals surface area contributed by atoms with Crippen molar-refractivity contribution in [1.82, 2.24) is 19.9 Å². The molecule has 5 nitrogen and oxygen atoms in total. The number of amides is 1. The van der Waals surface area contributed by atoms with Gasteiger partial charge >= 0.3 is 0 Å². The third-order valence-corrected chi connectivity index (χ3v) is 5.15. The summed E-state index contributed by atoms with van der Waals surface area (Å²) in [5.74, 6) is 0.227. The minimum atomic E-state index is -0.185. The van der Waals surface area contributed by atoms with Gasteiger partial charge in [0.05, 0.1) is 16.8 Å². The van der Waals surface area contributed by atoms with E-state index >= 15 is 0 Å².